The Kier molecular flexibility index (Phi) is 5.71. The van der Waals surface area contributed by atoms with E-state index in [4.69, 9.17) is 0 Å². The van der Waals surface area contributed by atoms with Gasteiger partial charge in [-0.25, -0.2) is 0 Å². The minimum absolute atomic E-state index is 0.0622. The summed E-state index contributed by atoms with van der Waals surface area (Å²) in [6.07, 6.45) is 0.710. The molecule has 1 heterocycles. The summed E-state index contributed by atoms with van der Waals surface area (Å²) >= 11 is 0. The van der Waals surface area contributed by atoms with Crippen molar-refractivity contribution in [1.82, 2.24) is 20.8 Å². The molecule has 1 atom stereocenters. The van der Waals surface area contributed by atoms with E-state index < -0.39 is 0 Å². The van der Waals surface area contributed by atoms with Crippen molar-refractivity contribution < 1.29 is 4.79 Å². The number of rotatable bonds is 6. The van der Waals surface area contributed by atoms with E-state index in [1.165, 1.54) is 0 Å². The van der Waals surface area contributed by atoms with Crippen molar-refractivity contribution in [1.29, 1.82) is 0 Å². The smallest absolute Gasteiger partial charge is 0.253 e. The van der Waals surface area contributed by atoms with Gasteiger partial charge in [0.05, 0.1) is 17.0 Å². The molecule has 0 aliphatic carbocycles. The molecule has 0 aliphatic rings. The molecule has 1 amide bonds. The molecule has 1 unspecified atom stereocenters. The molecule has 5 heteroatoms. The number of aryl methyl sites for hydroxylation is 2. The SMILES string of the molecule is CCc1nnc(C)cc1C(=O)NCC(C)CNC. The average Bonchev–Trinajstić information content (AvgIpc) is 2.36. The number of hydrogen-bond donors (Lipinski definition) is 2. The normalized spacial score (nSPS) is 12.2. The van der Waals surface area contributed by atoms with Crippen LogP contribution in [0.3, 0.4) is 0 Å². The van der Waals surface area contributed by atoms with Gasteiger partial charge in [-0.05, 0) is 38.9 Å². The van der Waals surface area contributed by atoms with E-state index >= 15 is 0 Å². The lowest BCUT2D eigenvalue weighted by molar-refractivity contribution is 0.0946. The van der Waals surface area contributed by atoms with Crippen LogP contribution >= 0.6 is 0 Å². The summed E-state index contributed by atoms with van der Waals surface area (Å²) in [5.41, 5.74) is 2.15. The maximum Gasteiger partial charge on any atom is 0.253 e. The number of nitrogens with one attached hydrogen (secondary N) is 2. The zero-order valence-electron chi connectivity index (χ0n) is 11.6. The molecule has 100 valence electrons. The van der Waals surface area contributed by atoms with Gasteiger partial charge in [0.1, 0.15) is 0 Å². The maximum absolute atomic E-state index is 12.1. The van der Waals surface area contributed by atoms with Gasteiger partial charge in [-0.2, -0.15) is 10.2 Å². The third kappa shape index (κ3) is 4.07. The summed E-state index contributed by atoms with van der Waals surface area (Å²) in [6.45, 7) is 7.44. The molecule has 1 aromatic heterocycles. The van der Waals surface area contributed by atoms with Gasteiger partial charge >= 0.3 is 0 Å². The first-order valence-corrected chi connectivity index (χ1v) is 6.34. The molecule has 18 heavy (non-hydrogen) atoms. The molecule has 0 fully saturated rings. The van der Waals surface area contributed by atoms with Gasteiger partial charge in [0.15, 0.2) is 0 Å². The molecule has 2 N–H and O–H groups in total. The van der Waals surface area contributed by atoms with Crippen LogP contribution in [-0.4, -0.2) is 36.2 Å². The van der Waals surface area contributed by atoms with Crippen LogP contribution in [0.4, 0.5) is 0 Å². The number of hydrogen-bond acceptors (Lipinski definition) is 4. The highest BCUT2D eigenvalue weighted by Crippen LogP contribution is 2.07. The summed E-state index contributed by atoms with van der Waals surface area (Å²) in [5.74, 6) is 0.340. The second kappa shape index (κ2) is 7.06. The third-order valence-corrected chi connectivity index (χ3v) is 2.74. The zero-order chi connectivity index (χ0) is 13.5. The Labute approximate surface area is 108 Å². The highest BCUT2D eigenvalue weighted by atomic mass is 16.1. The number of amides is 1. The highest BCUT2D eigenvalue weighted by Gasteiger charge is 2.13. The van der Waals surface area contributed by atoms with E-state index in [2.05, 4.69) is 27.8 Å². The van der Waals surface area contributed by atoms with Crippen LogP contribution in [0, 0.1) is 12.8 Å². The Morgan fingerprint density at radius 2 is 2.11 bits per heavy atom. The predicted octanol–water partition coefficient (Wildman–Crippen LogP) is 0.933. The second-order valence-electron chi connectivity index (χ2n) is 4.57. The van der Waals surface area contributed by atoms with Crippen LogP contribution in [-0.2, 0) is 6.42 Å². The van der Waals surface area contributed by atoms with Gasteiger partial charge in [-0.1, -0.05) is 13.8 Å². The minimum atomic E-state index is -0.0622. The van der Waals surface area contributed by atoms with Gasteiger partial charge in [0.2, 0.25) is 0 Å². The van der Waals surface area contributed by atoms with Gasteiger partial charge in [-0.15, -0.1) is 0 Å². The topological polar surface area (TPSA) is 66.9 Å². The number of carbonyl (C=O) groups is 1. The Balaban J connectivity index is 2.68. The molecule has 0 radical (unpaired) electrons. The lowest BCUT2D eigenvalue weighted by Crippen LogP contribution is -2.33. The number of carbonyl (C=O) groups excluding carboxylic acids is 1. The molecule has 0 spiro atoms. The van der Waals surface area contributed by atoms with Crippen molar-refractivity contribution in [2.45, 2.75) is 27.2 Å². The number of nitrogens with zero attached hydrogens (tertiary/aromatic N) is 2. The molecule has 0 saturated heterocycles. The molecular formula is C13H22N4O. The Morgan fingerprint density at radius 3 is 2.72 bits per heavy atom. The monoisotopic (exact) mass is 250 g/mol. The van der Waals surface area contributed by atoms with Crippen molar-refractivity contribution in [2.75, 3.05) is 20.1 Å². The zero-order valence-corrected chi connectivity index (χ0v) is 11.6. The second-order valence-corrected chi connectivity index (χ2v) is 4.57. The van der Waals surface area contributed by atoms with Crippen molar-refractivity contribution in [3.8, 4) is 0 Å². The molecule has 0 saturated carbocycles. The van der Waals surface area contributed by atoms with Gasteiger partial charge in [0, 0.05) is 6.54 Å². The Morgan fingerprint density at radius 1 is 1.39 bits per heavy atom. The van der Waals surface area contributed by atoms with Crippen molar-refractivity contribution in [3.05, 3.63) is 23.0 Å². The van der Waals surface area contributed by atoms with Crippen LogP contribution in [0.5, 0.6) is 0 Å². The maximum atomic E-state index is 12.1. The van der Waals surface area contributed by atoms with Crippen LogP contribution in [0.2, 0.25) is 0 Å². The van der Waals surface area contributed by atoms with Crippen LogP contribution in [0.1, 0.15) is 35.6 Å². The number of aromatic nitrogens is 2. The first-order valence-electron chi connectivity index (χ1n) is 6.34. The molecular weight excluding hydrogens is 228 g/mol. The van der Waals surface area contributed by atoms with Gasteiger partial charge in [0.25, 0.3) is 5.91 Å². The van der Waals surface area contributed by atoms with Crippen LogP contribution in [0.25, 0.3) is 0 Å². The van der Waals surface area contributed by atoms with Gasteiger partial charge < -0.3 is 10.6 Å². The fourth-order valence-corrected chi connectivity index (χ4v) is 1.75. The summed E-state index contributed by atoms with van der Waals surface area (Å²) < 4.78 is 0. The minimum Gasteiger partial charge on any atom is -0.352 e. The standard InChI is InChI=1S/C13H22N4O/c1-5-12-11(6-10(3)16-17-12)13(18)15-8-9(2)7-14-4/h6,9,14H,5,7-8H2,1-4H3,(H,15,18). The van der Waals surface area contributed by atoms with Crippen molar-refractivity contribution in [3.63, 3.8) is 0 Å². The van der Waals surface area contributed by atoms with Crippen molar-refractivity contribution in [2.24, 2.45) is 5.92 Å². The predicted molar refractivity (Wildman–Crippen MR) is 71.6 cm³/mol. The summed E-state index contributed by atoms with van der Waals surface area (Å²) in [7, 11) is 1.91. The van der Waals surface area contributed by atoms with Crippen LogP contribution in [0.15, 0.2) is 6.07 Å². The summed E-state index contributed by atoms with van der Waals surface area (Å²) in [5, 5.41) is 14.1. The third-order valence-electron chi connectivity index (χ3n) is 2.74. The highest BCUT2D eigenvalue weighted by molar-refractivity contribution is 5.95. The Bertz CT molecular complexity index is 406. The van der Waals surface area contributed by atoms with Crippen LogP contribution < -0.4 is 10.6 Å². The lowest BCUT2D eigenvalue weighted by atomic mass is 10.1. The summed E-state index contributed by atoms with van der Waals surface area (Å²) in [4.78, 5) is 12.1. The van der Waals surface area contributed by atoms with Crippen molar-refractivity contribution >= 4 is 5.91 Å². The molecule has 0 bridgehead atoms. The molecule has 5 nitrogen and oxygen atoms in total. The van der Waals surface area contributed by atoms with E-state index in [-0.39, 0.29) is 5.91 Å². The summed E-state index contributed by atoms with van der Waals surface area (Å²) in [6, 6.07) is 1.80. The lowest BCUT2D eigenvalue weighted by Gasteiger charge is -2.13. The quantitative estimate of drug-likeness (QED) is 0.788. The Hall–Kier alpha value is -1.49. The van der Waals surface area contributed by atoms with Gasteiger partial charge in [-0.3, -0.25) is 4.79 Å². The molecule has 0 aliphatic heterocycles. The largest absolute Gasteiger partial charge is 0.352 e. The molecule has 1 rings (SSSR count). The van der Waals surface area contributed by atoms with E-state index in [0.29, 0.717) is 24.4 Å². The fraction of sp³-hybridized carbons (Fsp3) is 0.615. The van der Waals surface area contributed by atoms with E-state index in [9.17, 15) is 4.79 Å². The first kappa shape index (κ1) is 14.6. The van der Waals surface area contributed by atoms with E-state index in [0.717, 1.165) is 17.9 Å². The average molecular weight is 250 g/mol. The fourth-order valence-electron chi connectivity index (χ4n) is 1.75. The van der Waals surface area contributed by atoms with E-state index in [1.54, 1.807) is 6.07 Å². The molecule has 0 aromatic carbocycles. The van der Waals surface area contributed by atoms with E-state index in [1.807, 2.05) is 20.9 Å². The first-order chi connectivity index (χ1) is 8.58. The molecule has 1 aromatic rings.